The van der Waals surface area contributed by atoms with Crippen LogP contribution in [0.15, 0.2) is 29.2 Å². The minimum Gasteiger partial charge on any atom is -0.392 e. The number of aliphatic hydroxyl groups excluding tert-OH is 1. The summed E-state index contributed by atoms with van der Waals surface area (Å²) in [6.45, 7) is 4.46. The van der Waals surface area contributed by atoms with Crippen molar-refractivity contribution in [2.24, 2.45) is 11.3 Å². The molecule has 4 nitrogen and oxygen atoms in total. The van der Waals surface area contributed by atoms with E-state index in [1.54, 1.807) is 18.2 Å². The number of hydrogen-bond donors (Lipinski definition) is 2. The maximum atomic E-state index is 12.3. The SMILES string of the molecule is CC(C)C1(CNS(=O)(=O)c2ccccc2CO)CC1. The summed E-state index contributed by atoms with van der Waals surface area (Å²) < 4.78 is 27.3. The van der Waals surface area contributed by atoms with E-state index >= 15 is 0 Å². The highest BCUT2D eigenvalue weighted by Crippen LogP contribution is 2.51. The van der Waals surface area contributed by atoms with Crippen LogP contribution in [0.3, 0.4) is 0 Å². The summed E-state index contributed by atoms with van der Waals surface area (Å²) in [7, 11) is -3.54. The first-order valence-electron chi connectivity index (χ1n) is 6.60. The van der Waals surface area contributed by atoms with Gasteiger partial charge in [-0.2, -0.15) is 0 Å². The Morgan fingerprint density at radius 2 is 1.95 bits per heavy atom. The van der Waals surface area contributed by atoms with E-state index in [1.807, 2.05) is 0 Å². The van der Waals surface area contributed by atoms with Gasteiger partial charge in [-0.05, 0) is 35.8 Å². The van der Waals surface area contributed by atoms with Crippen molar-refractivity contribution < 1.29 is 13.5 Å². The molecule has 1 aromatic rings. The average molecular weight is 283 g/mol. The molecule has 1 fully saturated rings. The molecule has 0 atom stereocenters. The Hall–Kier alpha value is -0.910. The van der Waals surface area contributed by atoms with Crippen molar-refractivity contribution in [3.63, 3.8) is 0 Å². The Balaban J connectivity index is 2.15. The van der Waals surface area contributed by atoms with E-state index in [-0.39, 0.29) is 16.9 Å². The van der Waals surface area contributed by atoms with Gasteiger partial charge >= 0.3 is 0 Å². The van der Waals surface area contributed by atoms with Crippen LogP contribution in [0.2, 0.25) is 0 Å². The Bertz CT molecular complexity index is 548. The highest BCUT2D eigenvalue weighted by Gasteiger charge is 2.45. The van der Waals surface area contributed by atoms with Gasteiger partial charge in [-0.3, -0.25) is 0 Å². The Morgan fingerprint density at radius 1 is 1.32 bits per heavy atom. The Labute approximate surface area is 114 Å². The van der Waals surface area contributed by atoms with E-state index in [1.165, 1.54) is 6.07 Å². The zero-order chi connectivity index (χ0) is 14.1. The number of rotatable bonds is 6. The molecule has 1 aliphatic carbocycles. The van der Waals surface area contributed by atoms with Crippen molar-refractivity contribution in [1.82, 2.24) is 4.72 Å². The summed E-state index contributed by atoms with van der Waals surface area (Å²) in [4.78, 5) is 0.178. The van der Waals surface area contributed by atoms with Crippen molar-refractivity contribution in [1.29, 1.82) is 0 Å². The molecule has 1 saturated carbocycles. The first kappa shape index (κ1) is 14.5. The Kier molecular flexibility index (Phi) is 3.99. The monoisotopic (exact) mass is 283 g/mol. The summed E-state index contributed by atoms with van der Waals surface area (Å²) in [5, 5.41) is 9.22. The molecular formula is C14H21NO3S. The number of sulfonamides is 1. The smallest absolute Gasteiger partial charge is 0.240 e. The molecule has 19 heavy (non-hydrogen) atoms. The molecule has 0 radical (unpaired) electrons. The first-order valence-corrected chi connectivity index (χ1v) is 8.08. The minimum absolute atomic E-state index is 0.126. The van der Waals surface area contributed by atoms with Gasteiger partial charge in [0.2, 0.25) is 10.0 Å². The van der Waals surface area contributed by atoms with Gasteiger partial charge in [0.15, 0.2) is 0 Å². The standard InChI is InChI=1S/C14H21NO3S/c1-11(2)14(7-8-14)10-15-19(17,18)13-6-4-3-5-12(13)9-16/h3-6,11,15-16H,7-10H2,1-2H3. The third kappa shape index (κ3) is 2.99. The Morgan fingerprint density at radius 3 is 2.47 bits per heavy atom. The molecule has 0 unspecified atom stereocenters. The second-order valence-electron chi connectivity index (χ2n) is 5.61. The molecule has 0 aliphatic heterocycles. The van der Waals surface area contributed by atoms with Gasteiger partial charge in [0.1, 0.15) is 0 Å². The van der Waals surface area contributed by atoms with Gasteiger partial charge in [0.05, 0.1) is 11.5 Å². The molecule has 106 valence electrons. The third-order valence-corrected chi connectivity index (χ3v) is 5.67. The molecule has 0 saturated heterocycles. The van der Waals surface area contributed by atoms with Crippen molar-refractivity contribution in [3.05, 3.63) is 29.8 Å². The molecule has 0 bridgehead atoms. The van der Waals surface area contributed by atoms with Crippen molar-refractivity contribution >= 4 is 10.0 Å². The zero-order valence-corrected chi connectivity index (χ0v) is 12.2. The second kappa shape index (κ2) is 5.23. The predicted molar refractivity (Wildman–Crippen MR) is 74.1 cm³/mol. The molecule has 2 N–H and O–H groups in total. The van der Waals surface area contributed by atoms with Gasteiger partial charge in [-0.1, -0.05) is 32.0 Å². The quantitative estimate of drug-likeness (QED) is 0.838. The molecule has 0 heterocycles. The molecule has 0 amide bonds. The fourth-order valence-corrected chi connectivity index (χ4v) is 3.70. The van der Waals surface area contributed by atoms with E-state index in [2.05, 4.69) is 18.6 Å². The summed E-state index contributed by atoms with van der Waals surface area (Å²) in [6.07, 6.45) is 2.16. The predicted octanol–water partition coefficient (Wildman–Crippen LogP) is 1.89. The number of aliphatic hydroxyl groups is 1. The number of hydrogen-bond acceptors (Lipinski definition) is 3. The summed E-state index contributed by atoms with van der Waals surface area (Å²) in [6, 6.07) is 6.55. The fraction of sp³-hybridized carbons (Fsp3) is 0.571. The van der Waals surface area contributed by atoms with Gasteiger partial charge < -0.3 is 5.11 Å². The van der Waals surface area contributed by atoms with Crippen molar-refractivity contribution in [2.75, 3.05) is 6.54 Å². The topological polar surface area (TPSA) is 66.4 Å². The van der Waals surface area contributed by atoms with E-state index in [4.69, 9.17) is 0 Å². The van der Waals surface area contributed by atoms with Crippen LogP contribution in [0.4, 0.5) is 0 Å². The van der Waals surface area contributed by atoms with Crippen molar-refractivity contribution in [2.45, 2.75) is 38.2 Å². The summed E-state index contributed by atoms with van der Waals surface area (Å²) >= 11 is 0. The maximum Gasteiger partial charge on any atom is 0.240 e. The van der Waals surface area contributed by atoms with Gasteiger partial charge in [0.25, 0.3) is 0 Å². The lowest BCUT2D eigenvalue weighted by molar-refractivity contribution is 0.278. The van der Waals surface area contributed by atoms with Crippen molar-refractivity contribution in [3.8, 4) is 0 Å². The van der Waals surface area contributed by atoms with Crippen LogP contribution in [0.5, 0.6) is 0 Å². The van der Waals surface area contributed by atoms with Crippen LogP contribution in [-0.4, -0.2) is 20.1 Å². The van der Waals surface area contributed by atoms with Gasteiger partial charge in [-0.15, -0.1) is 0 Å². The minimum atomic E-state index is -3.54. The zero-order valence-electron chi connectivity index (χ0n) is 11.4. The van der Waals surface area contributed by atoms with E-state index in [0.29, 0.717) is 18.0 Å². The van der Waals surface area contributed by atoms with Crippen LogP contribution in [0, 0.1) is 11.3 Å². The normalized spacial score (nSPS) is 17.7. The largest absolute Gasteiger partial charge is 0.392 e. The second-order valence-corrected chi connectivity index (χ2v) is 7.34. The lowest BCUT2D eigenvalue weighted by Crippen LogP contribution is -2.33. The molecular weight excluding hydrogens is 262 g/mol. The third-order valence-electron chi connectivity index (χ3n) is 4.16. The molecule has 1 aliphatic rings. The average Bonchev–Trinajstić information content (AvgIpc) is 3.18. The lowest BCUT2D eigenvalue weighted by Gasteiger charge is -2.20. The highest BCUT2D eigenvalue weighted by molar-refractivity contribution is 7.89. The van der Waals surface area contributed by atoms with E-state index in [0.717, 1.165) is 12.8 Å². The van der Waals surface area contributed by atoms with Gasteiger partial charge in [0, 0.05) is 6.54 Å². The summed E-state index contributed by atoms with van der Waals surface area (Å²) in [5.41, 5.74) is 0.561. The van der Waals surface area contributed by atoms with Gasteiger partial charge in [-0.25, -0.2) is 13.1 Å². The highest BCUT2D eigenvalue weighted by atomic mass is 32.2. The lowest BCUT2D eigenvalue weighted by atomic mass is 9.93. The maximum absolute atomic E-state index is 12.3. The molecule has 5 heteroatoms. The van der Waals surface area contributed by atoms with Crippen LogP contribution in [0.1, 0.15) is 32.3 Å². The van der Waals surface area contributed by atoms with Crippen LogP contribution >= 0.6 is 0 Å². The van der Waals surface area contributed by atoms with Crippen LogP contribution < -0.4 is 4.72 Å². The molecule has 2 rings (SSSR count). The van der Waals surface area contributed by atoms with Crippen LogP contribution in [0.25, 0.3) is 0 Å². The first-order chi connectivity index (χ1) is 8.91. The number of nitrogens with one attached hydrogen (secondary N) is 1. The molecule has 0 aromatic heterocycles. The van der Waals surface area contributed by atoms with E-state index in [9.17, 15) is 13.5 Å². The fourth-order valence-electron chi connectivity index (χ4n) is 2.33. The van der Waals surface area contributed by atoms with E-state index < -0.39 is 10.0 Å². The summed E-state index contributed by atoms with van der Waals surface area (Å²) in [5.74, 6) is 0.475. The molecule has 0 spiro atoms. The van der Waals surface area contributed by atoms with Crippen LogP contribution in [-0.2, 0) is 16.6 Å². The number of benzene rings is 1. The molecule has 1 aromatic carbocycles.